The third-order valence-corrected chi connectivity index (χ3v) is 5.28. The number of nitrogens with zero attached hydrogens (tertiary/aromatic N) is 1. The molecule has 0 radical (unpaired) electrons. The quantitative estimate of drug-likeness (QED) is 0.814. The molecule has 1 aliphatic heterocycles. The van der Waals surface area contributed by atoms with Crippen molar-refractivity contribution in [2.24, 2.45) is 5.92 Å². The smallest absolute Gasteiger partial charge is 0.0223 e. The summed E-state index contributed by atoms with van der Waals surface area (Å²) in [6.07, 6.45) is 12.8. The molecule has 0 bridgehead atoms. The van der Waals surface area contributed by atoms with Crippen molar-refractivity contribution in [3.63, 3.8) is 0 Å². The maximum atomic E-state index is 3.85. The summed E-state index contributed by atoms with van der Waals surface area (Å²) in [4.78, 5) is 2.77. The molecular weight excluding hydrogens is 232 g/mol. The molecule has 0 amide bonds. The minimum Gasteiger partial charge on any atom is -0.312 e. The molecule has 2 unspecified atom stereocenters. The molecule has 112 valence electrons. The van der Waals surface area contributed by atoms with E-state index < -0.39 is 0 Å². The zero-order chi connectivity index (χ0) is 13.5. The van der Waals surface area contributed by atoms with Gasteiger partial charge >= 0.3 is 0 Å². The van der Waals surface area contributed by atoms with Gasteiger partial charge in [-0.05, 0) is 51.6 Å². The molecule has 2 rings (SSSR count). The highest BCUT2D eigenvalue weighted by Gasteiger charge is 2.28. The summed E-state index contributed by atoms with van der Waals surface area (Å²) in [5, 5.41) is 3.85. The number of hydrogen-bond donors (Lipinski definition) is 1. The van der Waals surface area contributed by atoms with Crippen LogP contribution in [0.25, 0.3) is 0 Å². The second kappa shape index (κ2) is 8.26. The predicted octanol–water partition coefficient (Wildman–Crippen LogP) is 3.81. The Balaban J connectivity index is 1.86. The van der Waals surface area contributed by atoms with Crippen LogP contribution in [0.1, 0.15) is 71.6 Å². The van der Waals surface area contributed by atoms with Crippen LogP contribution < -0.4 is 5.32 Å². The van der Waals surface area contributed by atoms with Gasteiger partial charge in [0.15, 0.2) is 0 Å². The van der Waals surface area contributed by atoms with Crippen LogP contribution in [0.3, 0.4) is 0 Å². The number of hydrogen-bond acceptors (Lipinski definition) is 2. The average Bonchev–Trinajstić information content (AvgIpc) is 2.71. The molecule has 1 heterocycles. The summed E-state index contributed by atoms with van der Waals surface area (Å²) in [5.41, 5.74) is 0. The molecule has 0 aromatic carbocycles. The molecule has 2 nitrogen and oxygen atoms in total. The van der Waals surface area contributed by atoms with Crippen LogP contribution in [0.5, 0.6) is 0 Å². The van der Waals surface area contributed by atoms with E-state index in [1.54, 1.807) is 0 Å². The summed E-state index contributed by atoms with van der Waals surface area (Å²) >= 11 is 0. The number of rotatable bonds is 5. The van der Waals surface area contributed by atoms with Gasteiger partial charge in [-0.3, -0.25) is 4.90 Å². The van der Waals surface area contributed by atoms with Crippen molar-refractivity contribution in [3.05, 3.63) is 0 Å². The zero-order valence-corrected chi connectivity index (χ0v) is 13.2. The second-order valence-electron chi connectivity index (χ2n) is 6.80. The Morgan fingerprint density at radius 1 is 1.16 bits per heavy atom. The lowest BCUT2D eigenvalue weighted by molar-refractivity contribution is 0.162. The first-order valence-electron chi connectivity index (χ1n) is 8.78. The van der Waals surface area contributed by atoms with Crippen molar-refractivity contribution in [2.45, 2.75) is 83.7 Å². The van der Waals surface area contributed by atoms with E-state index in [9.17, 15) is 0 Å². The molecule has 0 spiro atoms. The van der Waals surface area contributed by atoms with E-state index in [2.05, 4.69) is 24.1 Å². The van der Waals surface area contributed by atoms with Gasteiger partial charge in [-0.1, -0.05) is 39.0 Å². The van der Waals surface area contributed by atoms with Crippen molar-refractivity contribution < 1.29 is 0 Å². The van der Waals surface area contributed by atoms with Crippen LogP contribution in [0.4, 0.5) is 0 Å². The lowest BCUT2D eigenvalue weighted by Gasteiger charge is -2.35. The summed E-state index contributed by atoms with van der Waals surface area (Å²) in [6, 6.07) is 1.55. The maximum Gasteiger partial charge on any atom is 0.0223 e. The van der Waals surface area contributed by atoms with Crippen molar-refractivity contribution in [3.8, 4) is 0 Å². The lowest BCUT2D eigenvalue weighted by Crippen LogP contribution is -2.46. The van der Waals surface area contributed by atoms with Gasteiger partial charge in [-0.2, -0.15) is 0 Å². The molecule has 1 aliphatic carbocycles. The monoisotopic (exact) mass is 266 g/mol. The zero-order valence-electron chi connectivity index (χ0n) is 13.2. The van der Waals surface area contributed by atoms with E-state index in [0.717, 1.165) is 18.0 Å². The fraction of sp³-hybridized carbons (Fsp3) is 1.00. The van der Waals surface area contributed by atoms with Gasteiger partial charge < -0.3 is 5.32 Å². The van der Waals surface area contributed by atoms with Gasteiger partial charge in [-0.25, -0.2) is 0 Å². The Kier molecular flexibility index (Phi) is 6.66. The average molecular weight is 266 g/mol. The molecule has 2 aliphatic rings. The van der Waals surface area contributed by atoms with Crippen LogP contribution in [-0.2, 0) is 0 Å². The van der Waals surface area contributed by atoms with Gasteiger partial charge in [0.2, 0.25) is 0 Å². The van der Waals surface area contributed by atoms with Crippen molar-refractivity contribution in [2.75, 3.05) is 19.6 Å². The molecule has 1 saturated heterocycles. The van der Waals surface area contributed by atoms with Crippen LogP contribution in [0.15, 0.2) is 0 Å². The highest BCUT2D eigenvalue weighted by molar-refractivity contribution is 4.86. The van der Waals surface area contributed by atoms with Crippen LogP contribution in [0.2, 0.25) is 0 Å². The molecule has 0 aromatic rings. The van der Waals surface area contributed by atoms with E-state index in [0.29, 0.717) is 0 Å². The second-order valence-corrected chi connectivity index (χ2v) is 6.80. The first kappa shape index (κ1) is 15.3. The molecule has 0 aromatic heterocycles. The van der Waals surface area contributed by atoms with E-state index in [1.807, 2.05) is 0 Å². The molecule has 19 heavy (non-hydrogen) atoms. The highest BCUT2D eigenvalue weighted by atomic mass is 15.2. The van der Waals surface area contributed by atoms with Crippen molar-refractivity contribution in [1.29, 1.82) is 0 Å². The summed E-state index contributed by atoms with van der Waals surface area (Å²) in [7, 11) is 0. The van der Waals surface area contributed by atoms with Gasteiger partial charge in [0.1, 0.15) is 0 Å². The summed E-state index contributed by atoms with van der Waals surface area (Å²) < 4.78 is 0. The number of nitrogens with one attached hydrogen (secondary N) is 1. The molecule has 1 saturated carbocycles. The summed E-state index contributed by atoms with van der Waals surface area (Å²) in [6.45, 7) is 8.59. The van der Waals surface area contributed by atoms with Crippen molar-refractivity contribution in [1.82, 2.24) is 10.2 Å². The molecule has 2 fully saturated rings. The Bertz CT molecular complexity index is 235. The Hall–Kier alpha value is -0.0800. The highest BCUT2D eigenvalue weighted by Crippen LogP contribution is 2.28. The van der Waals surface area contributed by atoms with Gasteiger partial charge in [0.25, 0.3) is 0 Å². The molecule has 2 atom stereocenters. The fourth-order valence-electron chi connectivity index (χ4n) is 3.91. The first-order chi connectivity index (χ1) is 9.31. The first-order valence-corrected chi connectivity index (χ1v) is 8.78. The molecule has 2 heteroatoms. The normalized spacial score (nSPS) is 29.1. The maximum absolute atomic E-state index is 3.85. The topological polar surface area (TPSA) is 15.3 Å². The van der Waals surface area contributed by atoms with Gasteiger partial charge in [-0.15, -0.1) is 0 Å². The van der Waals surface area contributed by atoms with E-state index in [1.165, 1.54) is 77.4 Å². The Labute approximate surface area is 120 Å². The third kappa shape index (κ3) is 4.75. The largest absolute Gasteiger partial charge is 0.312 e. The van der Waals surface area contributed by atoms with E-state index in [-0.39, 0.29) is 0 Å². The Morgan fingerprint density at radius 2 is 1.95 bits per heavy atom. The predicted molar refractivity (Wildman–Crippen MR) is 83.5 cm³/mol. The third-order valence-electron chi connectivity index (χ3n) is 5.28. The van der Waals surface area contributed by atoms with Gasteiger partial charge in [0.05, 0.1) is 0 Å². The van der Waals surface area contributed by atoms with Gasteiger partial charge in [0, 0.05) is 18.6 Å². The molecule has 1 N–H and O–H groups in total. The molecular formula is C17H34N2. The SMILES string of the molecule is CCCCC(C)N1CCCNC(C2CCCCC2)C1. The van der Waals surface area contributed by atoms with Crippen LogP contribution >= 0.6 is 0 Å². The standard InChI is InChI=1S/C17H34N2/c1-3-4-9-15(2)19-13-8-12-18-17(14-19)16-10-6-5-7-11-16/h15-18H,3-14H2,1-2H3. The van der Waals surface area contributed by atoms with Crippen LogP contribution in [0, 0.1) is 5.92 Å². The minimum absolute atomic E-state index is 0.770. The minimum atomic E-state index is 0.770. The number of unbranched alkanes of at least 4 members (excludes halogenated alkanes) is 1. The van der Waals surface area contributed by atoms with Crippen LogP contribution in [-0.4, -0.2) is 36.6 Å². The van der Waals surface area contributed by atoms with E-state index >= 15 is 0 Å². The summed E-state index contributed by atoms with van der Waals surface area (Å²) in [5.74, 6) is 0.952. The van der Waals surface area contributed by atoms with Crippen molar-refractivity contribution >= 4 is 0 Å². The lowest BCUT2D eigenvalue weighted by atomic mass is 9.83. The Morgan fingerprint density at radius 3 is 2.68 bits per heavy atom. The fourth-order valence-corrected chi connectivity index (χ4v) is 3.91. The van der Waals surface area contributed by atoms with E-state index in [4.69, 9.17) is 0 Å².